The van der Waals surface area contributed by atoms with Crippen molar-refractivity contribution in [2.24, 2.45) is 0 Å². The van der Waals surface area contributed by atoms with Crippen LogP contribution in [0, 0.1) is 5.82 Å². The standard InChI is InChI=1S/C21H23FN2O3S/c1-27-20(25)18-15-8-2-3-10-17(15)28-19(18)23-21(26)24-11-5-9-16(24)13-6-4-7-14(22)12-13/h4,6-7,12,16H,2-3,5,8-11H2,1H3,(H,23,26)/t16-/m0/s1. The van der Waals surface area contributed by atoms with Crippen LogP contribution < -0.4 is 5.32 Å². The molecule has 0 bridgehead atoms. The zero-order chi connectivity index (χ0) is 19.7. The molecule has 2 aromatic rings. The largest absolute Gasteiger partial charge is 0.465 e. The van der Waals surface area contributed by atoms with E-state index in [9.17, 15) is 14.0 Å². The third-order valence-electron chi connectivity index (χ3n) is 5.53. The number of hydrogen-bond acceptors (Lipinski definition) is 4. The number of anilines is 1. The maximum absolute atomic E-state index is 13.6. The molecule has 0 spiro atoms. The van der Waals surface area contributed by atoms with Gasteiger partial charge in [-0.05, 0) is 61.8 Å². The van der Waals surface area contributed by atoms with Gasteiger partial charge >= 0.3 is 12.0 Å². The zero-order valence-electron chi connectivity index (χ0n) is 15.8. The second-order valence-electron chi connectivity index (χ2n) is 7.24. The minimum absolute atomic E-state index is 0.160. The molecule has 1 aliphatic heterocycles. The number of methoxy groups -OCH3 is 1. The van der Waals surface area contributed by atoms with Gasteiger partial charge in [-0.25, -0.2) is 14.0 Å². The number of nitrogens with zero attached hydrogens (tertiary/aromatic N) is 1. The molecule has 1 aliphatic carbocycles. The van der Waals surface area contributed by atoms with E-state index >= 15 is 0 Å². The Morgan fingerprint density at radius 3 is 2.86 bits per heavy atom. The lowest BCUT2D eigenvalue weighted by molar-refractivity contribution is 0.0601. The van der Waals surface area contributed by atoms with Gasteiger partial charge in [0.1, 0.15) is 10.8 Å². The number of thiophene rings is 1. The summed E-state index contributed by atoms with van der Waals surface area (Å²) in [5.41, 5.74) is 2.31. The van der Waals surface area contributed by atoms with Crippen molar-refractivity contribution in [1.29, 1.82) is 0 Å². The Morgan fingerprint density at radius 2 is 2.07 bits per heavy atom. The topological polar surface area (TPSA) is 58.6 Å². The smallest absolute Gasteiger partial charge is 0.341 e. The number of urea groups is 1. The van der Waals surface area contributed by atoms with Gasteiger partial charge in [0.15, 0.2) is 0 Å². The highest BCUT2D eigenvalue weighted by molar-refractivity contribution is 7.17. The molecule has 0 saturated carbocycles. The van der Waals surface area contributed by atoms with E-state index in [1.807, 2.05) is 6.07 Å². The number of ether oxygens (including phenoxy) is 1. The van der Waals surface area contributed by atoms with E-state index in [-0.39, 0.29) is 17.9 Å². The molecule has 0 radical (unpaired) electrons. The number of halogens is 1. The first kappa shape index (κ1) is 18.9. The van der Waals surface area contributed by atoms with E-state index in [0.29, 0.717) is 17.1 Å². The predicted molar refractivity (Wildman–Crippen MR) is 106 cm³/mol. The number of carbonyl (C=O) groups is 2. The average molecular weight is 402 g/mol. The Bertz CT molecular complexity index is 911. The van der Waals surface area contributed by atoms with E-state index in [1.165, 1.54) is 30.6 Å². The Hall–Kier alpha value is -2.41. The molecular weight excluding hydrogens is 379 g/mol. The SMILES string of the molecule is COC(=O)c1c(NC(=O)N2CCC[C@H]2c2cccc(F)c2)sc2c1CCCC2. The summed E-state index contributed by atoms with van der Waals surface area (Å²) in [6, 6.07) is 5.99. The summed E-state index contributed by atoms with van der Waals surface area (Å²) in [5.74, 6) is -0.707. The fourth-order valence-corrected chi connectivity index (χ4v) is 5.48. The summed E-state index contributed by atoms with van der Waals surface area (Å²) < 4.78 is 18.6. The molecule has 5 nitrogen and oxygen atoms in total. The van der Waals surface area contributed by atoms with Crippen LogP contribution in [0.1, 0.15) is 58.1 Å². The van der Waals surface area contributed by atoms with Crippen molar-refractivity contribution in [2.75, 3.05) is 19.0 Å². The summed E-state index contributed by atoms with van der Waals surface area (Å²) in [6.07, 6.45) is 5.54. The third kappa shape index (κ3) is 3.51. The predicted octanol–water partition coefficient (Wildman–Crippen LogP) is 4.92. The van der Waals surface area contributed by atoms with E-state index in [0.717, 1.165) is 54.5 Å². The molecule has 0 unspecified atom stereocenters. The summed E-state index contributed by atoms with van der Waals surface area (Å²) in [6.45, 7) is 0.603. The Morgan fingerprint density at radius 1 is 1.25 bits per heavy atom. The lowest BCUT2D eigenvalue weighted by atomic mass is 9.95. The van der Waals surface area contributed by atoms with E-state index in [1.54, 1.807) is 11.0 Å². The number of benzene rings is 1. The number of aryl methyl sites for hydroxylation is 1. The fraction of sp³-hybridized carbons (Fsp3) is 0.429. The summed E-state index contributed by atoms with van der Waals surface area (Å²) in [7, 11) is 1.36. The van der Waals surface area contributed by atoms with Crippen molar-refractivity contribution in [3.05, 3.63) is 51.7 Å². The van der Waals surface area contributed by atoms with Crippen LogP contribution in [0.4, 0.5) is 14.2 Å². The second-order valence-corrected chi connectivity index (χ2v) is 8.35. The molecule has 1 saturated heterocycles. The molecule has 4 rings (SSSR count). The Balaban J connectivity index is 1.59. The Labute approximate surface area is 167 Å². The lowest BCUT2D eigenvalue weighted by Crippen LogP contribution is -2.34. The molecule has 1 fully saturated rings. The minimum atomic E-state index is -0.405. The molecule has 1 aromatic heterocycles. The first-order valence-electron chi connectivity index (χ1n) is 9.64. The molecule has 2 heterocycles. The number of likely N-dealkylation sites (tertiary alicyclic amines) is 1. The second kappa shape index (κ2) is 7.91. The number of fused-ring (bicyclic) bond motifs is 1. The number of hydrogen-bond donors (Lipinski definition) is 1. The van der Waals surface area contributed by atoms with E-state index < -0.39 is 5.97 Å². The van der Waals surface area contributed by atoms with Gasteiger partial charge in [-0.2, -0.15) is 0 Å². The molecule has 28 heavy (non-hydrogen) atoms. The van der Waals surface area contributed by atoms with E-state index in [4.69, 9.17) is 4.74 Å². The van der Waals surface area contributed by atoms with Gasteiger partial charge in [0.25, 0.3) is 0 Å². The molecule has 1 atom stereocenters. The first-order valence-corrected chi connectivity index (χ1v) is 10.5. The number of nitrogens with one attached hydrogen (secondary N) is 1. The van der Waals surface area contributed by atoms with Crippen LogP contribution >= 0.6 is 11.3 Å². The van der Waals surface area contributed by atoms with Gasteiger partial charge < -0.3 is 9.64 Å². The monoisotopic (exact) mass is 402 g/mol. The highest BCUT2D eigenvalue weighted by Gasteiger charge is 2.32. The van der Waals surface area contributed by atoms with Crippen LogP contribution in [0.25, 0.3) is 0 Å². The van der Waals surface area contributed by atoms with Crippen molar-refractivity contribution in [2.45, 2.75) is 44.6 Å². The minimum Gasteiger partial charge on any atom is -0.465 e. The average Bonchev–Trinajstić information content (AvgIpc) is 3.32. The molecular formula is C21H23FN2O3S. The molecule has 1 N–H and O–H groups in total. The number of carbonyl (C=O) groups excluding carboxylic acids is 2. The zero-order valence-corrected chi connectivity index (χ0v) is 16.6. The van der Waals surface area contributed by atoms with Crippen molar-refractivity contribution in [3.8, 4) is 0 Å². The van der Waals surface area contributed by atoms with Crippen LogP contribution in [0.3, 0.4) is 0 Å². The highest BCUT2D eigenvalue weighted by Crippen LogP contribution is 2.39. The van der Waals surface area contributed by atoms with Crippen LogP contribution in [0.2, 0.25) is 0 Å². The van der Waals surface area contributed by atoms with Gasteiger partial charge in [-0.1, -0.05) is 12.1 Å². The van der Waals surface area contributed by atoms with Crippen LogP contribution in [-0.4, -0.2) is 30.6 Å². The lowest BCUT2D eigenvalue weighted by Gasteiger charge is -2.25. The molecule has 7 heteroatoms. The van der Waals surface area contributed by atoms with Gasteiger partial charge in [0.05, 0.1) is 18.7 Å². The molecule has 148 valence electrons. The molecule has 2 amide bonds. The number of rotatable bonds is 3. The van der Waals surface area contributed by atoms with E-state index in [2.05, 4.69) is 5.32 Å². The van der Waals surface area contributed by atoms with Crippen molar-refractivity contribution in [1.82, 2.24) is 4.90 Å². The summed E-state index contributed by atoms with van der Waals surface area (Å²) in [4.78, 5) is 28.3. The van der Waals surface area contributed by atoms with Crippen LogP contribution in [0.15, 0.2) is 24.3 Å². The normalized spacial score (nSPS) is 18.6. The quantitative estimate of drug-likeness (QED) is 0.741. The van der Waals surface area contributed by atoms with Crippen molar-refractivity contribution < 1.29 is 18.7 Å². The van der Waals surface area contributed by atoms with Crippen molar-refractivity contribution >= 4 is 28.3 Å². The van der Waals surface area contributed by atoms with Crippen LogP contribution in [-0.2, 0) is 17.6 Å². The summed E-state index contributed by atoms with van der Waals surface area (Å²) >= 11 is 1.47. The van der Waals surface area contributed by atoms with Gasteiger partial charge in [-0.3, -0.25) is 5.32 Å². The van der Waals surface area contributed by atoms with Gasteiger partial charge in [0, 0.05) is 11.4 Å². The van der Waals surface area contributed by atoms with Crippen molar-refractivity contribution in [3.63, 3.8) is 0 Å². The number of esters is 1. The first-order chi connectivity index (χ1) is 13.6. The molecule has 1 aromatic carbocycles. The van der Waals surface area contributed by atoms with Gasteiger partial charge in [-0.15, -0.1) is 11.3 Å². The highest BCUT2D eigenvalue weighted by atomic mass is 32.1. The van der Waals surface area contributed by atoms with Gasteiger partial charge in [0.2, 0.25) is 0 Å². The third-order valence-corrected chi connectivity index (χ3v) is 6.74. The fourth-order valence-electron chi connectivity index (χ4n) is 4.21. The Kier molecular flexibility index (Phi) is 5.35. The number of amides is 2. The summed E-state index contributed by atoms with van der Waals surface area (Å²) in [5, 5.41) is 3.51. The van der Waals surface area contributed by atoms with Crippen LogP contribution in [0.5, 0.6) is 0 Å². The maximum atomic E-state index is 13.6. The molecule has 2 aliphatic rings. The maximum Gasteiger partial charge on any atom is 0.341 e.